The van der Waals surface area contributed by atoms with Gasteiger partial charge in [-0.2, -0.15) is 0 Å². The molecule has 1 N–H and O–H groups in total. The van der Waals surface area contributed by atoms with Gasteiger partial charge in [-0.15, -0.1) is 0 Å². The van der Waals surface area contributed by atoms with Gasteiger partial charge in [-0.25, -0.2) is 0 Å². The van der Waals surface area contributed by atoms with Gasteiger partial charge in [0.15, 0.2) is 0 Å². The van der Waals surface area contributed by atoms with Crippen LogP contribution >= 0.6 is 0 Å². The van der Waals surface area contributed by atoms with Crippen LogP contribution in [0.3, 0.4) is 0 Å². The Balaban J connectivity index is 2.78. The number of hydrogen-bond donors (Lipinski definition) is 1. The van der Waals surface area contributed by atoms with Crippen LogP contribution in [0, 0.1) is 13.8 Å². The smallest absolute Gasteiger partial charge is 0.131 e. The fourth-order valence-corrected chi connectivity index (χ4v) is 2.18. The van der Waals surface area contributed by atoms with Crippen molar-refractivity contribution in [2.24, 2.45) is 0 Å². The fraction of sp³-hybridized carbons (Fsp3) is 0.588. The van der Waals surface area contributed by atoms with E-state index in [2.05, 4.69) is 52.1 Å². The average molecular weight is 261 g/mol. The molecule has 0 amide bonds. The van der Waals surface area contributed by atoms with Gasteiger partial charge in [0.2, 0.25) is 0 Å². The first-order valence-corrected chi connectivity index (χ1v) is 7.02. The highest BCUT2D eigenvalue weighted by molar-refractivity contribution is 5.75. The zero-order chi connectivity index (χ0) is 14.6. The molecule has 19 heavy (non-hydrogen) atoms. The van der Waals surface area contributed by atoms with Crippen molar-refractivity contribution >= 4 is 5.78 Å². The summed E-state index contributed by atoms with van der Waals surface area (Å²) in [7, 11) is 0. The van der Waals surface area contributed by atoms with E-state index in [0.29, 0.717) is 6.42 Å². The van der Waals surface area contributed by atoms with E-state index in [1.165, 1.54) is 22.3 Å². The molecule has 0 radical (unpaired) electrons. The van der Waals surface area contributed by atoms with Crippen molar-refractivity contribution in [2.45, 2.75) is 59.9 Å². The molecule has 1 aromatic carbocycles. The van der Waals surface area contributed by atoms with Crippen LogP contribution in [0.5, 0.6) is 0 Å². The van der Waals surface area contributed by atoms with Crippen molar-refractivity contribution in [3.8, 4) is 0 Å². The highest BCUT2D eigenvalue weighted by Gasteiger charge is 2.16. The molecule has 2 heteroatoms. The van der Waals surface area contributed by atoms with Crippen molar-refractivity contribution in [3.05, 3.63) is 34.4 Å². The van der Waals surface area contributed by atoms with E-state index in [9.17, 15) is 4.79 Å². The number of benzene rings is 1. The van der Waals surface area contributed by atoms with Gasteiger partial charge in [-0.3, -0.25) is 4.79 Å². The number of aryl methyl sites for hydroxylation is 2. The minimum Gasteiger partial charge on any atom is -0.312 e. The first-order valence-electron chi connectivity index (χ1n) is 7.02. The maximum atomic E-state index is 10.9. The molecular formula is C17H27NO. The Bertz CT molecular complexity index is 432. The predicted molar refractivity (Wildman–Crippen MR) is 81.6 cm³/mol. The summed E-state index contributed by atoms with van der Waals surface area (Å²) in [5, 5.41) is 3.35. The van der Waals surface area contributed by atoms with Gasteiger partial charge in [0.1, 0.15) is 5.78 Å². The summed E-state index contributed by atoms with van der Waals surface area (Å²) in [6.45, 7) is 14.3. The molecule has 0 aliphatic carbocycles. The van der Waals surface area contributed by atoms with Gasteiger partial charge < -0.3 is 5.32 Å². The number of rotatable bonds is 5. The average Bonchev–Trinajstić information content (AvgIpc) is 2.25. The fourth-order valence-electron chi connectivity index (χ4n) is 2.18. The molecule has 0 heterocycles. The minimum atomic E-state index is 0.191. The molecular weight excluding hydrogens is 234 g/mol. The van der Waals surface area contributed by atoms with Crippen molar-refractivity contribution in [3.63, 3.8) is 0 Å². The lowest BCUT2D eigenvalue weighted by molar-refractivity contribution is -0.116. The van der Waals surface area contributed by atoms with Gasteiger partial charge in [-0.1, -0.05) is 32.9 Å². The van der Waals surface area contributed by atoms with Crippen molar-refractivity contribution < 1.29 is 4.79 Å². The summed E-state index contributed by atoms with van der Waals surface area (Å²) in [6.07, 6.45) is 0.609. The Kier molecular flexibility index (Phi) is 5.30. The Morgan fingerprint density at radius 2 is 1.68 bits per heavy atom. The van der Waals surface area contributed by atoms with Crippen LogP contribution in [0.2, 0.25) is 0 Å². The molecule has 0 spiro atoms. The van der Waals surface area contributed by atoms with Gasteiger partial charge in [0, 0.05) is 19.5 Å². The van der Waals surface area contributed by atoms with E-state index in [4.69, 9.17) is 0 Å². The highest BCUT2D eigenvalue weighted by atomic mass is 16.1. The van der Waals surface area contributed by atoms with E-state index in [0.717, 1.165) is 13.1 Å². The van der Waals surface area contributed by atoms with Crippen molar-refractivity contribution in [2.75, 3.05) is 6.54 Å². The van der Waals surface area contributed by atoms with Gasteiger partial charge in [0.25, 0.3) is 0 Å². The number of carbonyl (C=O) groups is 1. The molecule has 0 atom stereocenters. The van der Waals surface area contributed by atoms with Crippen LogP contribution < -0.4 is 5.32 Å². The molecule has 0 aliphatic heterocycles. The molecule has 1 aromatic rings. The third-order valence-corrected chi connectivity index (χ3v) is 3.52. The Labute approximate surface area is 117 Å². The summed E-state index contributed by atoms with van der Waals surface area (Å²) in [5.41, 5.74) is 5.60. The van der Waals surface area contributed by atoms with Crippen molar-refractivity contribution in [1.82, 2.24) is 5.32 Å². The molecule has 0 unspecified atom stereocenters. The summed E-state index contributed by atoms with van der Waals surface area (Å²) in [6, 6.07) is 4.57. The Hall–Kier alpha value is -1.15. The van der Waals surface area contributed by atoms with E-state index < -0.39 is 0 Å². The monoisotopic (exact) mass is 261 g/mol. The van der Waals surface area contributed by atoms with Crippen LogP contribution in [0.4, 0.5) is 0 Å². The molecule has 0 aromatic heterocycles. The van der Waals surface area contributed by atoms with Crippen LogP contribution in [0.25, 0.3) is 0 Å². The van der Waals surface area contributed by atoms with Crippen LogP contribution in [0.1, 0.15) is 56.4 Å². The number of ketones is 1. The molecule has 0 fully saturated rings. The van der Waals surface area contributed by atoms with E-state index in [1.807, 2.05) is 0 Å². The summed E-state index contributed by atoms with van der Waals surface area (Å²) < 4.78 is 0. The standard InChI is InChI=1S/C17H27NO/c1-12-9-15(17(4,5)6)10-13(2)16(12)11-18-8-7-14(3)19/h9-10,18H,7-8,11H2,1-6H3. The quantitative estimate of drug-likeness (QED) is 0.819. The maximum Gasteiger partial charge on any atom is 0.131 e. The molecule has 106 valence electrons. The van der Waals surface area contributed by atoms with Crippen LogP contribution in [0.15, 0.2) is 12.1 Å². The van der Waals surface area contributed by atoms with Gasteiger partial charge in [0.05, 0.1) is 0 Å². The van der Waals surface area contributed by atoms with Crippen LogP contribution in [-0.4, -0.2) is 12.3 Å². The molecule has 0 saturated heterocycles. The van der Waals surface area contributed by atoms with Crippen molar-refractivity contribution in [1.29, 1.82) is 0 Å². The molecule has 0 saturated carbocycles. The number of carbonyl (C=O) groups excluding carboxylic acids is 1. The normalized spacial score (nSPS) is 11.7. The number of Topliss-reactive ketones (excluding diaryl/α,β-unsaturated/α-hetero) is 1. The first-order chi connectivity index (χ1) is 8.71. The Morgan fingerprint density at radius 1 is 1.16 bits per heavy atom. The topological polar surface area (TPSA) is 29.1 Å². The van der Waals surface area contributed by atoms with Crippen LogP contribution in [-0.2, 0) is 16.8 Å². The first kappa shape index (κ1) is 15.9. The van der Waals surface area contributed by atoms with E-state index in [1.54, 1.807) is 6.92 Å². The second kappa shape index (κ2) is 6.33. The number of hydrogen-bond acceptors (Lipinski definition) is 2. The van der Waals surface area contributed by atoms with E-state index >= 15 is 0 Å². The highest BCUT2D eigenvalue weighted by Crippen LogP contribution is 2.26. The SMILES string of the molecule is CC(=O)CCNCc1c(C)cc(C(C)(C)C)cc1C. The number of nitrogens with one attached hydrogen (secondary N) is 1. The minimum absolute atomic E-state index is 0.191. The van der Waals surface area contributed by atoms with Gasteiger partial charge >= 0.3 is 0 Å². The zero-order valence-electron chi connectivity index (χ0n) is 13.2. The second-order valence-corrected chi connectivity index (χ2v) is 6.47. The van der Waals surface area contributed by atoms with Gasteiger partial charge in [-0.05, 0) is 48.4 Å². The summed E-state index contributed by atoms with van der Waals surface area (Å²) in [5.74, 6) is 0.240. The molecule has 0 aliphatic rings. The lowest BCUT2D eigenvalue weighted by Gasteiger charge is -2.22. The zero-order valence-corrected chi connectivity index (χ0v) is 13.2. The largest absolute Gasteiger partial charge is 0.312 e. The lowest BCUT2D eigenvalue weighted by Crippen LogP contribution is -2.19. The maximum absolute atomic E-state index is 10.9. The summed E-state index contributed by atoms with van der Waals surface area (Å²) >= 11 is 0. The third-order valence-electron chi connectivity index (χ3n) is 3.52. The Morgan fingerprint density at radius 3 is 2.11 bits per heavy atom. The second-order valence-electron chi connectivity index (χ2n) is 6.47. The van der Waals surface area contributed by atoms with E-state index in [-0.39, 0.29) is 11.2 Å². The third kappa shape index (κ3) is 4.79. The predicted octanol–water partition coefficient (Wildman–Crippen LogP) is 3.67. The molecule has 0 bridgehead atoms. The summed E-state index contributed by atoms with van der Waals surface area (Å²) in [4.78, 5) is 10.9. The molecule has 2 nitrogen and oxygen atoms in total. The molecule has 1 rings (SSSR count). The lowest BCUT2D eigenvalue weighted by atomic mass is 9.84.